The molecule has 0 unspecified atom stereocenters. The number of ether oxygens (including phenoxy) is 1. The van der Waals surface area contributed by atoms with Gasteiger partial charge in [-0.15, -0.1) is 0 Å². The van der Waals surface area contributed by atoms with Gasteiger partial charge in [0.25, 0.3) is 0 Å². The Hall–Kier alpha value is -1.13. The zero-order valence-corrected chi connectivity index (χ0v) is 11.0. The Bertz CT molecular complexity index is 536. The fraction of sp³-hybridized carbons (Fsp3) is 0.0833. The maximum absolute atomic E-state index is 12.8. The van der Waals surface area contributed by atoms with E-state index in [0.29, 0.717) is 10.8 Å². The van der Waals surface area contributed by atoms with E-state index < -0.39 is 0 Å². The summed E-state index contributed by atoms with van der Waals surface area (Å²) in [4.78, 5) is 3.97. The number of halogens is 3. The Morgan fingerprint density at radius 3 is 2.82 bits per heavy atom. The Balaban J connectivity index is 2.07. The standard InChI is InChI=1S/C12H8BrClFNO/c13-9-3-11(6-16-5-9)17-7-8-1-2-10(15)4-12(8)14/h1-6H,7H2. The molecule has 0 aliphatic heterocycles. The maximum atomic E-state index is 12.8. The highest BCUT2D eigenvalue weighted by Gasteiger charge is 2.03. The lowest BCUT2D eigenvalue weighted by Gasteiger charge is -2.07. The Morgan fingerprint density at radius 2 is 2.12 bits per heavy atom. The van der Waals surface area contributed by atoms with Crippen LogP contribution < -0.4 is 4.74 Å². The molecular formula is C12H8BrClFNO. The van der Waals surface area contributed by atoms with Crippen LogP contribution in [0.5, 0.6) is 5.75 Å². The molecule has 0 radical (unpaired) electrons. The van der Waals surface area contributed by atoms with Gasteiger partial charge in [-0.25, -0.2) is 4.39 Å². The van der Waals surface area contributed by atoms with Crippen molar-refractivity contribution in [3.05, 3.63) is 57.5 Å². The summed E-state index contributed by atoms with van der Waals surface area (Å²) in [6, 6.07) is 6.01. The first-order valence-electron chi connectivity index (χ1n) is 4.82. The van der Waals surface area contributed by atoms with Gasteiger partial charge in [0.1, 0.15) is 18.2 Å². The average molecular weight is 317 g/mol. The summed E-state index contributed by atoms with van der Waals surface area (Å²) in [6.07, 6.45) is 3.26. The zero-order valence-electron chi connectivity index (χ0n) is 8.66. The van der Waals surface area contributed by atoms with Crippen molar-refractivity contribution in [1.29, 1.82) is 0 Å². The topological polar surface area (TPSA) is 22.1 Å². The molecule has 17 heavy (non-hydrogen) atoms. The van der Waals surface area contributed by atoms with Gasteiger partial charge in [-0.1, -0.05) is 17.7 Å². The Morgan fingerprint density at radius 1 is 1.29 bits per heavy atom. The third-order valence-corrected chi connectivity index (χ3v) is 2.87. The molecule has 2 aromatic rings. The van der Waals surface area contributed by atoms with E-state index in [1.54, 1.807) is 24.5 Å². The molecule has 5 heteroatoms. The van der Waals surface area contributed by atoms with Gasteiger partial charge in [0, 0.05) is 16.2 Å². The van der Waals surface area contributed by atoms with Crippen molar-refractivity contribution in [3.8, 4) is 5.75 Å². The summed E-state index contributed by atoms with van der Waals surface area (Å²) in [5.41, 5.74) is 0.730. The second kappa shape index (κ2) is 5.47. The van der Waals surface area contributed by atoms with E-state index in [2.05, 4.69) is 20.9 Å². The van der Waals surface area contributed by atoms with Crippen LogP contribution >= 0.6 is 27.5 Å². The molecule has 0 amide bonds. The second-order valence-electron chi connectivity index (χ2n) is 3.36. The fourth-order valence-corrected chi connectivity index (χ4v) is 1.84. The highest BCUT2D eigenvalue weighted by molar-refractivity contribution is 9.10. The molecule has 0 bridgehead atoms. The molecule has 0 aliphatic rings. The lowest BCUT2D eigenvalue weighted by Crippen LogP contribution is -1.97. The van der Waals surface area contributed by atoms with E-state index in [1.807, 2.05) is 0 Å². The summed E-state index contributed by atoms with van der Waals surface area (Å²) in [7, 11) is 0. The van der Waals surface area contributed by atoms with Crippen molar-refractivity contribution in [2.24, 2.45) is 0 Å². The first kappa shape index (κ1) is 12.3. The normalized spacial score (nSPS) is 10.3. The number of nitrogens with zero attached hydrogens (tertiary/aromatic N) is 1. The maximum Gasteiger partial charge on any atom is 0.139 e. The highest BCUT2D eigenvalue weighted by atomic mass is 79.9. The van der Waals surface area contributed by atoms with Gasteiger partial charge in [0.2, 0.25) is 0 Å². The summed E-state index contributed by atoms with van der Waals surface area (Å²) in [6.45, 7) is 0.275. The molecule has 2 nitrogen and oxygen atoms in total. The van der Waals surface area contributed by atoms with Crippen LogP contribution in [-0.2, 0) is 6.61 Å². The largest absolute Gasteiger partial charge is 0.487 e. The Labute approximate surface area is 112 Å². The lowest BCUT2D eigenvalue weighted by atomic mass is 10.2. The van der Waals surface area contributed by atoms with Gasteiger partial charge in [-0.2, -0.15) is 0 Å². The second-order valence-corrected chi connectivity index (χ2v) is 4.69. The molecule has 0 N–H and O–H groups in total. The van der Waals surface area contributed by atoms with E-state index in [4.69, 9.17) is 16.3 Å². The summed E-state index contributed by atoms with van der Waals surface area (Å²) in [5, 5.41) is 0.355. The van der Waals surface area contributed by atoms with Gasteiger partial charge in [0.05, 0.1) is 11.2 Å². The number of rotatable bonds is 3. The molecular weight excluding hydrogens is 308 g/mol. The van der Waals surface area contributed by atoms with Gasteiger partial charge >= 0.3 is 0 Å². The van der Waals surface area contributed by atoms with Crippen LogP contribution in [0, 0.1) is 5.82 Å². The minimum Gasteiger partial charge on any atom is -0.487 e. The third-order valence-electron chi connectivity index (χ3n) is 2.09. The van der Waals surface area contributed by atoms with Crippen molar-refractivity contribution in [2.45, 2.75) is 6.61 Å². The molecule has 1 aromatic heterocycles. The molecule has 0 atom stereocenters. The Kier molecular flexibility index (Phi) is 3.97. The van der Waals surface area contributed by atoms with Crippen LogP contribution in [0.3, 0.4) is 0 Å². The lowest BCUT2D eigenvalue weighted by molar-refractivity contribution is 0.304. The minimum absolute atomic E-state index is 0.275. The first-order chi connectivity index (χ1) is 8.15. The molecule has 1 aromatic carbocycles. The van der Waals surface area contributed by atoms with Crippen molar-refractivity contribution in [1.82, 2.24) is 4.98 Å². The number of hydrogen-bond acceptors (Lipinski definition) is 2. The van der Waals surface area contributed by atoms with Crippen molar-refractivity contribution in [2.75, 3.05) is 0 Å². The van der Waals surface area contributed by atoms with Gasteiger partial charge in [-0.05, 0) is 34.1 Å². The van der Waals surface area contributed by atoms with E-state index in [-0.39, 0.29) is 12.4 Å². The average Bonchev–Trinajstić information content (AvgIpc) is 2.28. The zero-order chi connectivity index (χ0) is 12.3. The van der Waals surface area contributed by atoms with Crippen LogP contribution in [0.25, 0.3) is 0 Å². The smallest absolute Gasteiger partial charge is 0.139 e. The molecule has 0 spiro atoms. The third kappa shape index (κ3) is 3.41. The summed E-state index contributed by atoms with van der Waals surface area (Å²) >= 11 is 9.18. The van der Waals surface area contributed by atoms with E-state index in [9.17, 15) is 4.39 Å². The number of aromatic nitrogens is 1. The van der Waals surface area contributed by atoms with Crippen molar-refractivity contribution in [3.63, 3.8) is 0 Å². The first-order valence-corrected chi connectivity index (χ1v) is 5.99. The van der Waals surface area contributed by atoms with Crippen LogP contribution in [0.4, 0.5) is 4.39 Å². The highest BCUT2D eigenvalue weighted by Crippen LogP contribution is 2.21. The number of hydrogen-bond donors (Lipinski definition) is 0. The van der Waals surface area contributed by atoms with Gasteiger partial charge < -0.3 is 4.74 Å². The molecule has 0 saturated heterocycles. The van der Waals surface area contributed by atoms with E-state index in [1.165, 1.54) is 12.1 Å². The van der Waals surface area contributed by atoms with Crippen LogP contribution in [0.15, 0.2) is 41.1 Å². The predicted molar refractivity (Wildman–Crippen MR) is 67.7 cm³/mol. The SMILES string of the molecule is Fc1ccc(COc2cncc(Br)c2)c(Cl)c1. The molecule has 2 rings (SSSR count). The predicted octanol–water partition coefficient (Wildman–Crippen LogP) is 4.22. The molecule has 0 aliphatic carbocycles. The van der Waals surface area contributed by atoms with E-state index in [0.717, 1.165) is 10.0 Å². The molecule has 1 heterocycles. The van der Waals surface area contributed by atoms with Crippen LogP contribution in [0.2, 0.25) is 5.02 Å². The fourth-order valence-electron chi connectivity index (χ4n) is 1.27. The van der Waals surface area contributed by atoms with Crippen LogP contribution in [-0.4, -0.2) is 4.98 Å². The van der Waals surface area contributed by atoms with E-state index >= 15 is 0 Å². The number of benzene rings is 1. The van der Waals surface area contributed by atoms with Crippen molar-refractivity contribution < 1.29 is 9.13 Å². The monoisotopic (exact) mass is 315 g/mol. The van der Waals surface area contributed by atoms with Gasteiger partial charge in [0.15, 0.2) is 0 Å². The quantitative estimate of drug-likeness (QED) is 0.846. The van der Waals surface area contributed by atoms with Gasteiger partial charge in [-0.3, -0.25) is 4.98 Å². The number of pyridine rings is 1. The molecule has 0 fully saturated rings. The summed E-state index contributed by atoms with van der Waals surface area (Å²) < 4.78 is 19.1. The molecule has 0 saturated carbocycles. The minimum atomic E-state index is -0.358. The molecule has 88 valence electrons. The van der Waals surface area contributed by atoms with Crippen LogP contribution in [0.1, 0.15) is 5.56 Å². The summed E-state index contributed by atoms with van der Waals surface area (Å²) in [5.74, 6) is 0.266. The van der Waals surface area contributed by atoms with Crippen molar-refractivity contribution >= 4 is 27.5 Å².